The van der Waals surface area contributed by atoms with E-state index in [0.717, 1.165) is 0 Å². The van der Waals surface area contributed by atoms with Crippen molar-refractivity contribution in [2.75, 3.05) is 0 Å². The van der Waals surface area contributed by atoms with Gasteiger partial charge in [-0.25, -0.2) is 0 Å². The van der Waals surface area contributed by atoms with E-state index in [9.17, 15) is 14.9 Å². The van der Waals surface area contributed by atoms with Crippen molar-refractivity contribution < 1.29 is 14.5 Å². The van der Waals surface area contributed by atoms with Crippen LogP contribution in [0, 0.1) is 10.1 Å². The molecular weight excluding hydrogens is 314 g/mol. The molecule has 3 rings (SSSR count). The Hall–Kier alpha value is -3.62. The largest absolute Gasteiger partial charge is 0.426 e. The summed E-state index contributed by atoms with van der Waals surface area (Å²) in [7, 11) is 0. The van der Waals surface area contributed by atoms with Crippen molar-refractivity contribution in [1.82, 2.24) is 20.6 Å². The number of hydrogen-bond donors (Lipinski definition) is 1. The fraction of sp³-hybridized carbons (Fsp3) is 0.0667. The van der Waals surface area contributed by atoms with Gasteiger partial charge in [-0.05, 0) is 17.7 Å². The molecule has 0 saturated heterocycles. The summed E-state index contributed by atoms with van der Waals surface area (Å²) in [6, 6.07) is 14.1. The van der Waals surface area contributed by atoms with E-state index in [0.29, 0.717) is 5.56 Å². The highest BCUT2D eigenvalue weighted by Crippen LogP contribution is 2.25. The summed E-state index contributed by atoms with van der Waals surface area (Å²) in [4.78, 5) is 22.7. The SMILES string of the molecule is O=C(Oc1ccc([N+](=O)[O-])cc1)[C@@H](c1ccccc1)c1nn[nH]n1. The first kappa shape index (κ1) is 15.3. The number of tetrazole rings is 1. The number of H-pyrrole nitrogens is 1. The summed E-state index contributed by atoms with van der Waals surface area (Å²) < 4.78 is 5.31. The Balaban J connectivity index is 1.85. The molecule has 0 aliphatic carbocycles. The number of nitrogens with one attached hydrogen (secondary N) is 1. The average molecular weight is 325 g/mol. The first-order valence-electron chi connectivity index (χ1n) is 6.89. The van der Waals surface area contributed by atoms with Crippen LogP contribution >= 0.6 is 0 Å². The lowest BCUT2D eigenvalue weighted by Crippen LogP contribution is -2.21. The van der Waals surface area contributed by atoms with Gasteiger partial charge in [0.1, 0.15) is 11.7 Å². The summed E-state index contributed by atoms with van der Waals surface area (Å²) in [5.74, 6) is -1.11. The van der Waals surface area contributed by atoms with Gasteiger partial charge in [-0.1, -0.05) is 35.5 Å². The highest BCUT2D eigenvalue weighted by molar-refractivity contribution is 5.83. The molecular formula is C15H11N5O4. The minimum atomic E-state index is -0.861. The molecule has 9 nitrogen and oxygen atoms in total. The van der Waals surface area contributed by atoms with E-state index in [4.69, 9.17) is 4.74 Å². The van der Waals surface area contributed by atoms with Gasteiger partial charge in [0, 0.05) is 12.1 Å². The molecule has 0 aliphatic rings. The van der Waals surface area contributed by atoms with Crippen LogP contribution in [0.3, 0.4) is 0 Å². The number of rotatable bonds is 5. The number of esters is 1. The highest BCUT2D eigenvalue weighted by Gasteiger charge is 2.28. The zero-order valence-electron chi connectivity index (χ0n) is 12.2. The summed E-state index contributed by atoms with van der Waals surface area (Å²) in [5.41, 5.74) is 0.554. The molecule has 1 N–H and O–H groups in total. The Morgan fingerprint density at radius 3 is 2.42 bits per heavy atom. The molecule has 24 heavy (non-hydrogen) atoms. The van der Waals surface area contributed by atoms with Crippen LogP contribution in [-0.4, -0.2) is 31.5 Å². The number of non-ortho nitro benzene ring substituents is 1. The van der Waals surface area contributed by atoms with Crippen LogP contribution in [-0.2, 0) is 4.79 Å². The normalized spacial score (nSPS) is 11.7. The van der Waals surface area contributed by atoms with Crippen molar-refractivity contribution in [2.24, 2.45) is 0 Å². The van der Waals surface area contributed by atoms with E-state index in [2.05, 4.69) is 20.6 Å². The van der Waals surface area contributed by atoms with Gasteiger partial charge in [0.05, 0.1) is 4.92 Å². The fourth-order valence-corrected chi connectivity index (χ4v) is 2.14. The smallest absolute Gasteiger partial charge is 0.326 e. The Labute approximate surface area is 135 Å². The lowest BCUT2D eigenvalue weighted by Gasteiger charge is -2.12. The van der Waals surface area contributed by atoms with Gasteiger partial charge in [-0.2, -0.15) is 5.21 Å². The Morgan fingerprint density at radius 1 is 1.12 bits per heavy atom. The van der Waals surface area contributed by atoms with E-state index >= 15 is 0 Å². The van der Waals surface area contributed by atoms with E-state index in [-0.39, 0.29) is 17.3 Å². The number of benzene rings is 2. The minimum absolute atomic E-state index is 0.0902. The second-order valence-corrected chi connectivity index (χ2v) is 4.79. The summed E-state index contributed by atoms with van der Waals surface area (Å²) in [5, 5.41) is 24.1. The molecule has 0 bridgehead atoms. The number of nitrogens with zero attached hydrogens (tertiary/aromatic N) is 4. The maximum atomic E-state index is 12.6. The van der Waals surface area contributed by atoms with Gasteiger partial charge in [-0.15, -0.1) is 10.2 Å². The number of nitro groups is 1. The topological polar surface area (TPSA) is 124 Å². The molecule has 0 fully saturated rings. The molecule has 1 aromatic heterocycles. The number of ether oxygens (including phenoxy) is 1. The van der Waals surface area contributed by atoms with Gasteiger partial charge in [0.15, 0.2) is 5.82 Å². The van der Waals surface area contributed by atoms with Crippen LogP contribution in [0.25, 0.3) is 0 Å². The van der Waals surface area contributed by atoms with E-state index in [1.54, 1.807) is 24.3 Å². The van der Waals surface area contributed by atoms with Crippen molar-refractivity contribution >= 4 is 11.7 Å². The van der Waals surface area contributed by atoms with Crippen LogP contribution in [0.1, 0.15) is 17.3 Å². The monoisotopic (exact) mass is 325 g/mol. The van der Waals surface area contributed by atoms with Gasteiger partial charge in [0.25, 0.3) is 5.69 Å². The first-order valence-corrected chi connectivity index (χ1v) is 6.89. The quantitative estimate of drug-likeness (QED) is 0.328. The molecule has 0 spiro atoms. The maximum Gasteiger partial charge on any atom is 0.326 e. The third kappa shape index (κ3) is 3.24. The van der Waals surface area contributed by atoms with Crippen LogP contribution in [0.5, 0.6) is 5.75 Å². The molecule has 3 aromatic rings. The predicted molar refractivity (Wildman–Crippen MR) is 81.2 cm³/mol. The number of nitro benzene ring substituents is 1. The lowest BCUT2D eigenvalue weighted by atomic mass is 9.99. The van der Waals surface area contributed by atoms with Crippen LogP contribution < -0.4 is 4.74 Å². The molecule has 1 heterocycles. The van der Waals surface area contributed by atoms with Crippen molar-refractivity contribution in [3.8, 4) is 5.75 Å². The Kier molecular flexibility index (Phi) is 4.23. The molecule has 0 unspecified atom stereocenters. The second-order valence-electron chi connectivity index (χ2n) is 4.79. The van der Waals surface area contributed by atoms with Crippen LogP contribution in [0.4, 0.5) is 5.69 Å². The summed E-state index contributed by atoms with van der Waals surface area (Å²) >= 11 is 0. The number of aromatic nitrogens is 4. The van der Waals surface area contributed by atoms with Crippen molar-refractivity contribution in [3.05, 3.63) is 76.1 Å². The number of carbonyl (C=O) groups is 1. The summed E-state index contributed by atoms with van der Waals surface area (Å²) in [6.45, 7) is 0. The lowest BCUT2D eigenvalue weighted by molar-refractivity contribution is -0.384. The second kappa shape index (κ2) is 6.65. The molecule has 0 aliphatic heterocycles. The molecule has 0 saturated carbocycles. The fourth-order valence-electron chi connectivity index (χ4n) is 2.14. The molecule has 9 heteroatoms. The van der Waals surface area contributed by atoms with Crippen molar-refractivity contribution in [2.45, 2.75) is 5.92 Å². The summed E-state index contributed by atoms with van der Waals surface area (Å²) in [6.07, 6.45) is 0. The van der Waals surface area contributed by atoms with Gasteiger partial charge in [-0.3, -0.25) is 14.9 Å². The third-order valence-electron chi connectivity index (χ3n) is 3.25. The van der Waals surface area contributed by atoms with Gasteiger partial charge < -0.3 is 4.74 Å². The van der Waals surface area contributed by atoms with E-state index in [1.165, 1.54) is 24.3 Å². The average Bonchev–Trinajstić information content (AvgIpc) is 3.10. The van der Waals surface area contributed by atoms with Gasteiger partial charge in [0.2, 0.25) is 0 Å². The van der Waals surface area contributed by atoms with Crippen LogP contribution in [0.2, 0.25) is 0 Å². The van der Waals surface area contributed by atoms with E-state index < -0.39 is 16.8 Å². The van der Waals surface area contributed by atoms with Crippen LogP contribution in [0.15, 0.2) is 54.6 Å². The Bertz CT molecular complexity index is 834. The van der Waals surface area contributed by atoms with Crippen molar-refractivity contribution in [3.63, 3.8) is 0 Å². The first-order chi connectivity index (χ1) is 11.6. The van der Waals surface area contributed by atoms with Crippen molar-refractivity contribution in [1.29, 1.82) is 0 Å². The predicted octanol–water partition coefficient (Wildman–Crippen LogP) is 1.85. The molecule has 0 amide bonds. The zero-order chi connectivity index (χ0) is 16.9. The van der Waals surface area contributed by atoms with E-state index in [1.807, 2.05) is 6.07 Å². The zero-order valence-corrected chi connectivity index (χ0v) is 12.2. The molecule has 0 radical (unpaired) electrons. The number of aromatic amines is 1. The molecule has 1 atom stereocenters. The van der Waals surface area contributed by atoms with Gasteiger partial charge >= 0.3 is 5.97 Å². The maximum absolute atomic E-state index is 12.6. The third-order valence-corrected chi connectivity index (χ3v) is 3.25. The Morgan fingerprint density at radius 2 is 1.83 bits per heavy atom. The molecule has 120 valence electrons. The molecule has 2 aromatic carbocycles. The number of carbonyl (C=O) groups excluding carboxylic acids is 1. The standard InChI is InChI=1S/C15H11N5O4/c21-15(24-12-8-6-11(7-9-12)20(22)23)13(14-16-18-19-17-14)10-4-2-1-3-5-10/h1-9,13H,(H,16,17,18,19)/t13-/m0/s1. The highest BCUT2D eigenvalue weighted by atomic mass is 16.6. The minimum Gasteiger partial charge on any atom is -0.426 e. The number of hydrogen-bond acceptors (Lipinski definition) is 7.